The van der Waals surface area contributed by atoms with Gasteiger partial charge in [-0.15, -0.1) is 0 Å². The molecule has 0 fully saturated rings. The van der Waals surface area contributed by atoms with Crippen molar-refractivity contribution in [1.29, 1.82) is 0 Å². The van der Waals surface area contributed by atoms with E-state index in [9.17, 15) is 9.90 Å². The predicted octanol–water partition coefficient (Wildman–Crippen LogP) is 2.44. The minimum absolute atomic E-state index is 0.0667. The van der Waals surface area contributed by atoms with Gasteiger partial charge in [0.1, 0.15) is 11.5 Å². The van der Waals surface area contributed by atoms with Gasteiger partial charge in [0.15, 0.2) is 0 Å². The van der Waals surface area contributed by atoms with E-state index in [1.54, 1.807) is 13.8 Å². The standard InChI is InChI=1S/C16H18N2O3/c1-10-14(9-19)16(17-21-10)13-5-6-15-12(8-13)4-3-7-18(15)11(2)20/h5-6,8,19H,3-4,7,9H2,1-2H3. The number of fused-ring (bicyclic) bond motifs is 1. The topological polar surface area (TPSA) is 66.6 Å². The zero-order chi connectivity index (χ0) is 15.0. The quantitative estimate of drug-likeness (QED) is 0.920. The van der Waals surface area contributed by atoms with Crippen LogP contribution in [0.3, 0.4) is 0 Å². The van der Waals surface area contributed by atoms with E-state index in [2.05, 4.69) is 5.16 Å². The zero-order valence-corrected chi connectivity index (χ0v) is 12.2. The molecule has 5 nitrogen and oxygen atoms in total. The molecule has 110 valence electrons. The summed E-state index contributed by atoms with van der Waals surface area (Å²) in [5, 5.41) is 13.5. The molecule has 1 amide bonds. The molecular formula is C16H18N2O3. The maximum absolute atomic E-state index is 11.7. The van der Waals surface area contributed by atoms with Crippen molar-refractivity contribution in [3.8, 4) is 11.3 Å². The van der Waals surface area contributed by atoms with Crippen LogP contribution in [0.15, 0.2) is 22.7 Å². The SMILES string of the molecule is CC(=O)N1CCCc2cc(-c3noc(C)c3CO)ccc21. The van der Waals surface area contributed by atoms with Crippen LogP contribution in [-0.4, -0.2) is 22.7 Å². The summed E-state index contributed by atoms with van der Waals surface area (Å²) in [4.78, 5) is 13.5. The van der Waals surface area contributed by atoms with Crippen molar-refractivity contribution >= 4 is 11.6 Å². The fraction of sp³-hybridized carbons (Fsp3) is 0.375. The van der Waals surface area contributed by atoms with Crippen LogP contribution in [0.25, 0.3) is 11.3 Å². The highest BCUT2D eigenvalue weighted by Crippen LogP contribution is 2.33. The van der Waals surface area contributed by atoms with E-state index in [0.717, 1.165) is 36.2 Å². The van der Waals surface area contributed by atoms with Gasteiger partial charge in [-0.05, 0) is 37.5 Å². The Balaban J connectivity index is 2.05. The second-order valence-corrected chi connectivity index (χ2v) is 5.34. The first-order valence-corrected chi connectivity index (χ1v) is 7.09. The van der Waals surface area contributed by atoms with Crippen molar-refractivity contribution in [2.24, 2.45) is 0 Å². The van der Waals surface area contributed by atoms with E-state index >= 15 is 0 Å². The molecule has 1 aromatic carbocycles. The number of aliphatic hydroxyl groups is 1. The molecule has 0 radical (unpaired) electrons. The number of aromatic nitrogens is 1. The first kappa shape index (κ1) is 13.8. The molecule has 1 N–H and O–H groups in total. The molecular weight excluding hydrogens is 268 g/mol. The number of aryl methyl sites for hydroxylation is 2. The van der Waals surface area contributed by atoms with E-state index in [4.69, 9.17) is 4.52 Å². The molecule has 1 aliphatic rings. The third-order valence-corrected chi connectivity index (χ3v) is 3.99. The van der Waals surface area contributed by atoms with Gasteiger partial charge in [-0.25, -0.2) is 0 Å². The van der Waals surface area contributed by atoms with Crippen LogP contribution in [0.5, 0.6) is 0 Å². The smallest absolute Gasteiger partial charge is 0.223 e. The third-order valence-electron chi connectivity index (χ3n) is 3.99. The normalized spacial score (nSPS) is 14.1. The van der Waals surface area contributed by atoms with Crippen molar-refractivity contribution in [2.75, 3.05) is 11.4 Å². The fourth-order valence-electron chi connectivity index (χ4n) is 2.88. The van der Waals surface area contributed by atoms with Crippen molar-refractivity contribution in [2.45, 2.75) is 33.3 Å². The summed E-state index contributed by atoms with van der Waals surface area (Å²) in [6.07, 6.45) is 1.90. The number of carbonyl (C=O) groups is 1. The summed E-state index contributed by atoms with van der Waals surface area (Å²) >= 11 is 0. The van der Waals surface area contributed by atoms with Crippen LogP contribution < -0.4 is 4.90 Å². The van der Waals surface area contributed by atoms with Gasteiger partial charge >= 0.3 is 0 Å². The lowest BCUT2D eigenvalue weighted by molar-refractivity contribution is -0.116. The first-order chi connectivity index (χ1) is 10.1. The number of hydrogen-bond donors (Lipinski definition) is 1. The van der Waals surface area contributed by atoms with Crippen LogP contribution in [-0.2, 0) is 17.8 Å². The summed E-state index contributed by atoms with van der Waals surface area (Å²) in [6, 6.07) is 5.92. The van der Waals surface area contributed by atoms with Crippen LogP contribution in [0, 0.1) is 6.92 Å². The van der Waals surface area contributed by atoms with Gasteiger partial charge in [0.05, 0.1) is 6.61 Å². The van der Waals surface area contributed by atoms with Gasteiger partial charge in [0, 0.05) is 30.3 Å². The molecule has 1 aromatic heterocycles. The second kappa shape index (κ2) is 5.33. The van der Waals surface area contributed by atoms with E-state index in [0.29, 0.717) is 17.0 Å². The van der Waals surface area contributed by atoms with Gasteiger partial charge in [-0.1, -0.05) is 11.2 Å². The number of aliphatic hydroxyl groups excluding tert-OH is 1. The minimum atomic E-state index is -0.0959. The largest absolute Gasteiger partial charge is 0.391 e. The molecule has 0 spiro atoms. The van der Waals surface area contributed by atoms with Crippen LogP contribution in [0.1, 0.15) is 30.2 Å². The Kier molecular flexibility index (Phi) is 3.51. The molecule has 1 aliphatic heterocycles. The summed E-state index contributed by atoms with van der Waals surface area (Å²) in [5.41, 5.74) is 4.42. The number of hydrogen-bond acceptors (Lipinski definition) is 4. The average molecular weight is 286 g/mol. The molecule has 2 heterocycles. The maximum atomic E-state index is 11.7. The van der Waals surface area contributed by atoms with Crippen molar-refractivity contribution in [1.82, 2.24) is 5.16 Å². The van der Waals surface area contributed by atoms with Crippen LogP contribution in [0.4, 0.5) is 5.69 Å². The van der Waals surface area contributed by atoms with Gasteiger partial charge in [-0.3, -0.25) is 4.79 Å². The Bertz CT molecular complexity index is 691. The van der Waals surface area contributed by atoms with Crippen molar-refractivity contribution < 1.29 is 14.4 Å². The Morgan fingerprint density at radius 3 is 3.00 bits per heavy atom. The Morgan fingerprint density at radius 1 is 1.48 bits per heavy atom. The van der Waals surface area contributed by atoms with Gasteiger partial charge in [0.25, 0.3) is 0 Å². The highest BCUT2D eigenvalue weighted by molar-refractivity contribution is 5.93. The molecule has 21 heavy (non-hydrogen) atoms. The molecule has 3 rings (SSSR count). The maximum Gasteiger partial charge on any atom is 0.223 e. The Labute approximate surface area is 123 Å². The molecule has 5 heteroatoms. The summed E-state index contributed by atoms with van der Waals surface area (Å²) in [5.74, 6) is 0.701. The van der Waals surface area contributed by atoms with E-state index in [1.807, 2.05) is 23.1 Å². The lowest BCUT2D eigenvalue weighted by atomic mass is 9.97. The van der Waals surface area contributed by atoms with Crippen LogP contribution in [0.2, 0.25) is 0 Å². The average Bonchev–Trinajstić information content (AvgIpc) is 2.86. The number of benzene rings is 1. The lowest BCUT2D eigenvalue weighted by Crippen LogP contribution is -2.33. The summed E-state index contributed by atoms with van der Waals surface area (Å²) in [6.45, 7) is 4.06. The summed E-state index contributed by atoms with van der Waals surface area (Å²) < 4.78 is 5.17. The van der Waals surface area contributed by atoms with E-state index in [-0.39, 0.29) is 12.5 Å². The second-order valence-electron chi connectivity index (χ2n) is 5.34. The van der Waals surface area contributed by atoms with Gasteiger partial charge in [-0.2, -0.15) is 0 Å². The van der Waals surface area contributed by atoms with E-state index in [1.165, 1.54) is 0 Å². The number of carbonyl (C=O) groups excluding carboxylic acids is 1. The van der Waals surface area contributed by atoms with Crippen LogP contribution >= 0.6 is 0 Å². The molecule has 0 bridgehead atoms. The molecule has 0 saturated heterocycles. The Hall–Kier alpha value is -2.14. The highest BCUT2D eigenvalue weighted by atomic mass is 16.5. The number of amides is 1. The minimum Gasteiger partial charge on any atom is -0.391 e. The summed E-state index contributed by atoms with van der Waals surface area (Å²) in [7, 11) is 0. The molecule has 2 aromatic rings. The van der Waals surface area contributed by atoms with Gasteiger partial charge < -0.3 is 14.5 Å². The lowest BCUT2D eigenvalue weighted by Gasteiger charge is -2.28. The van der Waals surface area contributed by atoms with Crippen molar-refractivity contribution in [3.05, 3.63) is 35.1 Å². The van der Waals surface area contributed by atoms with Crippen molar-refractivity contribution in [3.63, 3.8) is 0 Å². The molecule has 0 aliphatic carbocycles. The molecule has 0 saturated carbocycles. The monoisotopic (exact) mass is 286 g/mol. The molecule has 0 atom stereocenters. The number of rotatable bonds is 2. The first-order valence-electron chi connectivity index (χ1n) is 7.09. The third kappa shape index (κ3) is 2.34. The molecule has 0 unspecified atom stereocenters. The number of nitrogens with zero attached hydrogens (tertiary/aromatic N) is 2. The highest BCUT2D eigenvalue weighted by Gasteiger charge is 2.21. The fourth-order valence-corrected chi connectivity index (χ4v) is 2.88. The predicted molar refractivity (Wildman–Crippen MR) is 78.9 cm³/mol. The van der Waals surface area contributed by atoms with E-state index < -0.39 is 0 Å². The zero-order valence-electron chi connectivity index (χ0n) is 12.2. The number of anilines is 1. The Morgan fingerprint density at radius 2 is 2.29 bits per heavy atom. The van der Waals surface area contributed by atoms with Gasteiger partial charge in [0.2, 0.25) is 5.91 Å².